The second-order valence-corrected chi connectivity index (χ2v) is 8.78. The molecule has 1 saturated heterocycles. The zero-order valence-corrected chi connectivity index (χ0v) is 15.0. The Labute approximate surface area is 131 Å². The van der Waals surface area contributed by atoms with Gasteiger partial charge in [-0.05, 0) is 24.7 Å². The van der Waals surface area contributed by atoms with Crippen molar-refractivity contribution in [3.8, 4) is 0 Å². The number of nitrogens with zero attached hydrogens (tertiary/aromatic N) is 1. The predicted octanol–water partition coefficient (Wildman–Crippen LogP) is 3.13. The first-order valence-corrected chi connectivity index (χ1v) is 8.81. The first-order chi connectivity index (χ1) is 9.68. The molecule has 0 aromatic carbocycles. The fraction of sp³-hybridized carbons (Fsp3) is 1.00. The van der Waals surface area contributed by atoms with Crippen molar-refractivity contribution in [1.82, 2.24) is 4.90 Å². The van der Waals surface area contributed by atoms with E-state index < -0.39 is 0 Å². The van der Waals surface area contributed by atoms with Crippen molar-refractivity contribution in [2.24, 2.45) is 28.9 Å². The molecule has 3 atom stereocenters. The molecule has 3 nitrogen and oxygen atoms in total. The van der Waals surface area contributed by atoms with Gasteiger partial charge in [-0.1, -0.05) is 41.5 Å². The van der Waals surface area contributed by atoms with Crippen LogP contribution in [0.1, 0.15) is 54.4 Å². The van der Waals surface area contributed by atoms with E-state index in [4.69, 9.17) is 10.5 Å². The van der Waals surface area contributed by atoms with Crippen LogP contribution in [0, 0.1) is 23.2 Å². The molecule has 1 heterocycles. The number of fused-ring (bicyclic) bond motifs is 1. The summed E-state index contributed by atoms with van der Waals surface area (Å²) >= 11 is 0. The molecule has 2 aliphatic rings. The Morgan fingerprint density at radius 3 is 2.24 bits per heavy atom. The molecule has 0 radical (unpaired) electrons. The van der Waals surface area contributed by atoms with Crippen LogP contribution in [0.25, 0.3) is 0 Å². The number of hydrogen-bond acceptors (Lipinski definition) is 3. The molecular formula is C18H36N2O. The molecule has 0 aromatic heterocycles. The summed E-state index contributed by atoms with van der Waals surface area (Å²) < 4.78 is 6.03. The summed E-state index contributed by atoms with van der Waals surface area (Å²) in [6.07, 6.45) is 2.78. The number of hydrogen-bond donors (Lipinski definition) is 1. The zero-order chi connectivity index (χ0) is 15.8. The fourth-order valence-corrected chi connectivity index (χ4v) is 4.59. The third-order valence-corrected chi connectivity index (χ3v) is 5.63. The predicted molar refractivity (Wildman–Crippen MR) is 89.3 cm³/mol. The number of ether oxygens (including phenoxy) is 1. The molecule has 3 heteroatoms. The maximum atomic E-state index is 6.97. The Morgan fingerprint density at radius 1 is 1.14 bits per heavy atom. The average molecular weight is 296 g/mol. The Kier molecular flexibility index (Phi) is 5.07. The van der Waals surface area contributed by atoms with Crippen LogP contribution in [0.5, 0.6) is 0 Å². The van der Waals surface area contributed by atoms with Gasteiger partial charge in [0.05, 0.1) is 6.10 Å². The minimum atomic E-state index is -0.0954. The van der Waals surface area contributed by atoms with Crippen molar-refractivity contribution in [1.29, 1.82) is 0 Å². The van der Waals surface area contributed by atoms with Crippen LogP contribution in [-0.4, -0.2) is 42.8 Å². The van der Waals surface area contributed by atoms with E-state index in [9.17, 15) is 0 Å². The van der Waals surface area contributed by atoms with Gasteiger partial charge in [-0.25, -0.2) is 0 Å². The normalized spacial score (nSPS) is 35.1. The second kappa shape index (κ2) is 6.17. The highest BCUT2D eigenvalue weighted by atomic mass is 16.5. The standard InChI is InChI=1S/C18H36N2O/c1-13(2)10-20(11-14(3)4)12-18(19)15-8-7-9-21-16(15)17(18,5)6/h13-16H,7-12,19H2,1-6H3. The van der Waals surface area contributed by atoms with Gasteiger partial charge in [0.15, 0.2) is 0 Å². The largest absolute Gasteiger partial charge is 0.377 e. The third kappa shape index (κ3) is 3.16. The van der Waals surface area contributed by atoms with Crippen LogP contribution in [0.3, 0.4) is 0 Å². The molecule has 2 N–H and O–H groups in total. The van der Waals surface area contributed by atoms with Gasteiger partial charge in [-0.2, -0.15) is 0 Å². The molecule has 0 amide bonds. The van der Waals surface area contributed by atoms with E-state index in [2.05, 4.69) is 46.4 Å². The molecule has 3 unspecified atom stereocenters. The molecule has 2 fully saturated rings. The lowest BCUT2D eigenvalue weighted by atomic mass is 9.46. The van der Waals surface area contributed by atoms with Crippen molar-refractivity contribution < 1.29 is 4.74 Å². The molecule has 1 saturated carbocycles. The summed E-state index contributed by atoms with van der Waals surface area (Å²) in [5.41, 5.74) is 6.96. The molecule has 1 aliphatic carbocycles. The third-order valence-electron chi connectivity index (χ3n) is 5.63. The lowest BCUT2D eigenvalue weighted by Crippen LogP contribution is -2.80. The van der Waals surface area contributed by atoms with Gasteiger partial charge in [0.2, 0.25) is 0 Å². The SMILES string of the molecule is CC(C)CN(CC(C)C)CC1(N)C2CCCOC2C1(C)C. The van der Waals surface area contributed by atoms with Gasteiger partial charge in [-0.15, -0.1) is 0 Å². The molecule has 0 spiro atoms. The summed E-state index contributed by atoms with van der Waals surface area (Å²) in [4.78, 5) is 2.60. The van der Waals surface area contributed by atoms with Crippen LogP contribution in [0.4, 0.5) is 0 Å². The van der Waals surface area contributed by atoms with Gasteiger partial charge < -0.3 is 15.4 Å². The minimum Gasteiger partial charge on any atom is -0.377 e. The summed E-state index contributed by atoms with van der Waals surface area (Å²) in [6.45, 7) is 18.0. The average Bonchev–Trinajstić information content (AvgIpc) is 2.37. The Morgan fingerprint density at radius 2 is 1.71 bits per heavy atom. The fourth-order valence-electron chi connectivity index (χ4n) is 4.59. The van der Waals surface area contributed by atoms with Crippen molar-refractivity contribution in [3.63, 3.8) is 0 Å². The highest BCUT2D eigenvalue weighted by Crippen LogP contribution is 2.57. The van der Waals surface area contributed by atoms with Crippen LogP contribution < -0.4 is 5.73 Å². The van der Waals surface area contributed by atoms with Crippen molar-refractivity contribution in [2.45, 2.75) is 66.0 Å². The van der Waals surface area contributed by atoms with E-state index in [-0.39, 0.29) is 11.0 Å². The maximum Gasteiger partial charge on any atom is 0.0690 e. The van der Waals surface area contributed by atoms with Gasteiger partial charge in [0, 0.05) is 43.1 Å². The summed E-state index contributed by atoms with van der Waals surface area (Å²) in [6, 6.07) is 0. The van der Waals surface area contributed by atoms with Crippen LogP contribution >= 0.6 is 0 Å². The lowest BCUT2D eigenvalue weighted by molar-refractivity contribution is -0.232. The molecule has 124 valence electrons. The van der Waals surface area contributed by atoms with Crippen LogP contribution in [0.15, 0.2) is 0 Å². The molecular weight excluding hydrogens is 260 g/mol. The van der Waals surface area contributed by atoms with E-state index in [0.29, 0.717) is 23.9 Å². The quantitative estimate of drug-likeness (QED) is 0.818. The van der Waals surface area contributed by atoms with Crippen LogP contribution in [-0.2, 0) is 4.74 Å². The van der Waals surface area contributed by atoms with Crippen molar-refractivity contribution >= 4 is 0 Å². The number of nitrogens with two attached hydrogens (primary N) is 1. The van der Waals surface area contributed by atoms with Gasteiger partial charge in [-0.3, -0.25) is 0 Å². The summed E-state index contributed by atoms with van der Waals surface area (Å²) in [7, 11) is 0. The molecule has 0 aromatic rings. The Bertz CT molecular complexity index is 343. The van der Waals surface area contributed by atoms with E-state index >= 15 is 0 Å². The second-order valence-electron chi connectivity index (χ2n) is 8.78. The molecule has 2 rings (SSSR count). The van der Waals surface area contributed by atoms with Crippen molar-refractivity contribution in [2.75, 3.05) is 26.2 Å². The number of rotatable bonds is 6. The van der Waals surface area contributed by atoms with E-state index in [1.807, 2.05) is 0 Å². The smallest absolute Gasteiger partial charge is 0.0690 e. The van der Waals surface area contributed by atoms with Gasteiger partial charge in [0.25, 0.3) is 0 Å². The summed E-state index contributed by atoms with van der Waals surface area (Å²) in [5.74, 6) is 1.92. The molecule has 1 aliphatic heterocycles. The van der Waals surface area contributed by atoms with Crippen LogP contribution in [0.2, 0.25) is 0 Å². The van der Waals surface area contributed by atoms with E-state index in [0.717, 1.165) is 26.2 Å². The monoisotopic (exact) mass is 296 g/mol. The van der Waals surface area contributed by atoms with Gasteiger partial charge in [0.1, 0.15) is 0 Å². The lowest BCUT2D eigenvalue weighted by Gasteiger charge is -2.67. The topological polar surface area (TPSA) is 38.5 Å². The first kappa shape index (κ1) is 17.2. The first-order valence-electron chi connectivity index (χ1n) is 8.81. The van der Waals surface area contributed by atoms with Crippen molar-refractivity contribution in [3.05, 3.63) is 0 Å². The molecule has 21 heavy (non-hydrogen) atoms. The zero-order valence-electron chi connectivity index (χ0n) is 15.0. The Balaban J connectivity index is 2.10. The minimum absolute atomic E-state index is 0.0876. The van der Waals surface area contributed by atoms with E-state index in [1.165, 1.54) is 12.8 Å². The molecule has 0 bridgehead atoms. The Hall–Kier alpha value is -0.120. The highest BCUT2D eigenvalue weighted by molar-refractivity contribution is 5.20. The summed E-state index contributed by atoms with van der Waals surface area (Å²) in [5, 5.41) is 0. The maximum absolute atomic E-state index is 6.97. The highest BCUT2D eigenvalue weighted by Gasteiger charge is 2.66. The van der Waals surface area contributed by atoms with Gasteiger partial charge >= 0.3 is 0 Å². The van der Waals surface area contributed by atoms with E-state index in [1.54, 1.807) is 0 Å².